The van der Waals surface area contributed by atoms with Crippen molar-refractivity contribution in [3.05, 3.63) is 35.6 Å². The summed E-state index contributed by atoms with van der Waals surface area (Å²) in [6.07, 6.45) is 1.88. The fourth-order valence-electron chi connectivity index (χ4n) is 1.96. The van der Waals surface area contributed by atoms with Gasteiger partial charge in [-0.1, -0.05) is 12.0 Å². The van der Waals surface area contributed by atoms with E-state index >= 15 is 0 Å². The lowest BCUT2D eigenvalue weighted by Gasteiger charge is -2.32. The number of nitrogens with zero attached hydrogens (tertiary/aromatic N) is 1. The van der Waals surface area contributed by atoms with Crippen LogP contribution in [0.4, 0.5) is 0 Å². The quantitative estimate of drug-likeness (QED) is 0.762. The molecule has 4 heteroatoms. The van der Waals surface area contributed by atoms with Crippen LogP contribution in [0, 0.1) is 6.92 Å². The number of allylic oxidation sites excluding steroid dienone is 1. The van der Waals surface area contributed by atoms with Gasteiger partial charge in [0.05, 0.1) is 11.2 Å². The summed E-state index contributed by atoms with van der Waals surface area (Å²) in [5, 5.41) is 0. The molecule has 19 heavy (non-hydrogen) atoms. The highest BCUT2D eigenvalue weighted by Gasteiger charge is 2.50. The van der Waals surface area contributed by atoms with Crippen molar-refractivity contribution in [1.29, 1.82) is 0 Å². The third kappa shape index (κ3) is 2.90. The Morgan fingerprint density at radius 2 is 1.74 bits per heavy atom. The van der Waals surface area contributed by atoms with Crippen molar-refractivity contribution >= 4 is 12.7 Å². The lowest BCUT2D eigenvalue weighted by Crippen LogP contribution is -2.41. The van der Waals surface area contributed by atoms with Gasteiger partial charge >= 0.3 is 7.12 Å². The van der Waals surface area contributed by atoms with Crippen LogP contribution in [-0.4, -0.2) is 23.3 Å². The van der Waals surface area contributed by atoms with E-state index in [1.165, 1.54) is 0 Å². The molecule has 0 atom stereocenters. The van der Waals surface area contributed by atoms with Crippen molar-refractivity contribution in [2.75, 3.05) is 0 Å². The van der Waals surface area contributed by atoms with Gasteiger partial charge in [-0.25, -0.2) is 0 Å². The monoisotopic (exact) mass is 259 g/mol. The molecule has 0 unspecified atom stereocenters. The van der Waals surface area contributed by atoms with Crippen molar-refractivity contribution in [2.45, 2.75) is 52.7 Å². The van der Waals surface area contributed by atoms with Gasteiger partial charge in [0.2, 0.25) is 0 Å². The lowest BCUT2D eigenvalue weighted by molar-refractivity contribution is 0.00578. The SMILES string of the molecule is C/C(=C\B1OC(C)(C)C(C)(C)O1)c1ccc(C)nc1. The predicted octanol–water partition coefficient (Wildman–Crippen LogP) is 3.42. The minimum absolute atomic E-state index is 0.292. The first-order chi connectivity index (χ1) is 8.71. The number of aryl methyl sites for hydroxylation is 1. The van der Waals surface area contributed by atoms with E-state index in [-0.39, 0.29) is 18.3 Å². The van der Waals surface area contributed by atoms with Gasteiger partial charge in [0.1, 0.15) is 0 Å². The second kappa shape index (κ2) is 4.76. The zero-order chi connectivity index (χ0) is 14.3. The Bertz CT molecular complexity index is 475. The van der Waals surface area contributed by atoms with Crippen molar-refractivity contribution in [3.8, 4) is 0 Å². The van der Waals surface area contributed by atoms with Gasteiger partial charge in [-0.05, 0) is 58.7 Å². The third-order valence-electron chi connectivity index (χ3n) is 4.02. The van der Waals surface area contributed by atoms with E-state index in [2.05, 4.69) is 45.7 Å². The summed E-state index contributed by atoms with van der Waals surface area (Å²) in [5.74, 6) is 2.02. The Balaban J connectivity index is 2.17. The number of aromatic nitrogens is 1. The van der Waals surface area contributed by atoms with Crippen LogP contribution in [0.2, 0.25) is 0 Å². The average molecular weight is 259 g/mol. The minimum atomic E-state index is -0.300. The summed E-state index contributed by atoms with van der Waals surface area (Å²) in [6, 6.07) is 4.08. The van der Waals surface area contributed by atoms with Gasteiger partial charge in [0.25, 0.3) is 0 Å². The molecule has 1 aliphatic rings. The van der Waals surface area contributed by atoms with Crippen molar-refractivity contribution in [1.82, 2.24) is 4.98 Å². The molecule has 0 spiro atoms. The van der Waals surface area contributed by atoms with Crippen LogP contribution in [0.5, 0.6) is 0 Å². The highest BCUT2D eigenvalue weighted by Crippen LogP contribution is 2.37. The molecule has 102 valence electrons. The maximum absolute atomic E-state index is 5.96. The Morgan fingerprint density at radius 3 is 2.21 bits per heavy atom. The molecule has 2 rings (SSSR count). The molecule has 3 nitrogen and oxygen atoms in total. The van der Waals surface area contributed by atoms with Gasteiger partial charge < -0.3 is 9.31 Å². The van der Waals surface area contributed by atoms with E-state index in [0.29, 0.717) is 0 Å². The molecular weight excluding hydrogens is 237 g/mol. The summed E-state index contributed by atoms with van der Waals surface area (Å²) >= 11 is 0. The molecule has 0 N–H and O–H groups in total. The average Bonchev–Trinajstić information content (AvgIpc) is 2.47. The molecule has 1 saturated heterocycles. The van der Waals surface area contributed by atoms with E-state index in [9.17, 15) is 0 Å². The summed E-state index contributed by atoms with van der Waals surface area (Å²) < 4.78 is 11.9. The molecule has 1 aromatic rings. The molecule has 1 aliphatic heterocycles. The first-order valence-electron chi connectivity index (χ1n) is 6.68. The maximum Gasteiger partial charge on any atom is 0.487 e. The Morgan fingerprint density at radius 1 is 1.16 bits per heavy atom. The van der Waals surface area contributed by atoms with Gasteiger partial charge in [0.15, 0.2) is 0 Å². The molecule has 0 saturated carbocycles. The van der Waals surface area contributed by atoms with Crippen LogP contribution in [-0.2, 0) is 9.31 Å². The molecular formula is C15H22BNO2. The summed E-state index contributed by atoms with van der Waals surface area (Å²) in [4.78, 5) is 4.31. The van der Waals surface area contributed by atoms with Crippen LogP contribution < -0.4 is 0 Å². The fourth-order valence-corrected chi connectivity index (χ4v) is 1.96. The second-order valence-electron chi connectivity index (χ2n) is 6.16. The molecule has 0 aliphatic carbocycles. The first-order valence-corrected chi connectivity index (χ1v) is 6.68. The second-order valence-corrected chi connectivity index (χ2v) is 6.16. The van der Waals surface area contributed by atoms with Gasteiger partial charge in [-0.2, -0.15) is 0 Å². The van der Waals surface area contributed by atoms with E-state index in [1.807, 2.05) is 25.2 Å². The van der Waals surface area contributed by atoms with E-state index in [4.69, 9.17) is 9.31 Å². The van der Waals surface area contributed by atoms with Crippen molar-refractivity contribution in [2.24, 2.45) is 0 Å². The normalized spacial score (nSPS) is 21.8. The van der Waals surface area contributed by atoms with Crippen LogP contribution >= 0.6 is 0 Å². The largest absolute Gasteiger partial charge is 0.487 e. The molecule has 1 fully saturated rings. The number of pyridine rings is 1. The zero-order valence-electron chi connectivity index (χ0n) is 12.7. The van der Waals surface area contributed by atoms with E-state index in [0.717, 1.165) is 16.8 Å². The Hall–Kier alpha value is -1.13. The maximum atomic E-state index is 5.96. The molecule has 0 bridgehead atoms. The fraction of sp³-hybridized carbons (Fsp3) is 0.533. The number of hydrogen-bond donors (Lipinski definition) is 0. The Labute approximate surface area is 116 Å². The summed E-state index contributed by atoms with van der Waals surface area (Å²) in [5.41, 5.74) is 2.65. The summed E-state index contributed by atoms with van der Waals surface area (Å²) in [7, 11) is -0.300. The first kappa shape index (κ1) is 14.3. The highest BCUT2D eigenvalue weighted by atomic mass is 16.7. The van der Waals surface area contributed by atoms with Crippen molar-refractivity contribution in [3.63, 3.8) is 0 Å². The number of rotatable bonds is 2. The topological polar surface area (TPSA) is 31.4 Å². The van der Waals surface area contributed by atoms with E-state index < -0.39 is 0 Å². The van der Waals surface area contributed by atoms with E-state index in [1.54, 1.807) is 0 Å². The lowest BCUT2D eigenvalue weighted by atomic mass is 9.86. The van der Waals surface area contributed by atoms with Gasteiger partial charge in [-0.3, -0.25) is 4.98 Å². The van der Waals surface area contributed by atoms with Gasteiger partial charge in [0, 0.05) is 11.9 Å². The molecule has 2 heterocycles. The van der Waals surface area contributed by atoms with Crippen LogP contribution in [0.15, 0.2) is 24.3 Å². The smallest absolute Gasteiger partial charge is 0.400 e. The zero-order valence-corrected chi connectivity index (χ0v) is 12.7. The summed E-state index contributed by atoms with van der Waals surface area (Å²) in [6.45, 7) is 12.3. The van der Waals surface area contributed by atoms with Crippen LogP contribution in [0.25, 0.3) is 5.57 Å². The Kier molecular flexibility index (Phi) is 3.58. The molecule has 1 aromatic heterocycles. The van der Waals surface area contributed by atoms with Gasteiger partial charge in [-0.15, -0.1) is 0 Å². The van der Waals surface area contributed by atoms with Crippen LogP contribution in [0.3, 0.4) is 0 Å². The minimum Gasteiger partial charge on any atom is -0.400 e. The standard InChI is InChI=1S/C15H22BNO2/c1-11(13-8-7-12(2)17-10-13)9-16-18-14(3,4)15(5,6)19-16/h7-10H,1-6H3/b11-9+. The highest BCUT2D eigenvalue weighted by molar-refractivity contribution is 6.53. The van der Waals surface area contributed by atoms with Crippen LogP contribution in [0.1, 0.15) is 45.9 Å². The third-order valence-corrected chi connectivity index (χ3v) is 4.02. The number of hydrogen-bond acceptors (Lipinski definition) is 3. The molecule has 0 aromatic carbocycles. The predicted molar refractivity (Wildman–Crippen MR) is 78.7 cm³/mol. The molecule has 0 radical (unpaired) electrons. The van der Waals surface area contributed by atoms with Crippen molar-refractivity contribution < 1.29 is 9.31 Å². The molecule has 0 amide bonds.